The van der Waals surface area contributed by atoms with Crippen molar-refractivity contribution in [2.75, 3.05) is 6.61 Å². The quantitative estimate of drug-likeness (QED) is 0.766. The number of aromatic nitrogens is 2. The van der Waals surface area contributed by atoms with Gasteiger partial charge in [-0.05, 0) is 6.07 Å². The number of nitrogens with zero attached hydrogens (tertiary/aromatic N) is 2. The van der Waals surface area contributed by atoms with Crippen LogP contribution in [0.5, 0.6) is 0 Å². The third-order valence-corrected chi connectivity index (χ3v) is 1.82. The predicted molar refractivity (Wildman–Crippen MR) is 47.0 cm³/mol. The minimum Gasteiger partial charge on any atom is -0.472 e. The second-order valence-electron chi connectivity index (χ2n) is 2.73. The van der Waals surface area contributed by atoms with Crippen LogP contribution in [0.2, 0.25) is 0 Å². The molecule has 0 saturated heterocycles. The first kappa shape index (κ1) is 8.07. The van der Waals surface area contributed by atoms with Gasteiger partial charge in [-0.3, -0.25) is 4.68 Å². The number of rotatable bonds is 3. The molecule has 2 aromatic heterocycles. The highest BCUT2D eigenvalue weighted by atomic mass is 16.3. The fourth-order valence-electron chi connectivity index (χ4n) is 1.17. The molecule has 4 nitrogen and oxygen atoms in total. The van der Waals surface area contributed by atoms with Crippen molar-refractivity contribution in [3.8, 4) is 11.1 Å². The van der Waals surface area contributed by atoms with Crippen LogP contribution in [0.3, 0.4) is 0 Å². The van der Waals surface area contributed by atoms with E-state index in [9.17, 15) is 0 Å². The van der Waals surface area contributed by atoms with Crippen molar-refractivity contribution in [3.63, 3.8) is 0 Å². The zero-order valence-electron chi connectivity index (χ0n) is 7.05. The molecule has 4 heteroatoms. The summed E-state index contributed by atoms with van der Waals surface area (Å²) in [6.45, 7) is 0.629. The third kappa shape index (κ3) is 1.62. The van der Waals surface area contributed by atoms with E-state index in [2.05, 4.69) is 5.10 Å². The van der Waals surface area contributed by atoms with Crippen LogP contribution in [0.4, 0.5) is 0 Å². The van der Waals surface area contributed by atoms with Crippen LogP contribution in [-0.4, -0.2) is 21.5 Å². The van der Waals surface area contributed by atoms with Gasteiger partial charge in [-0.15, -0.1) is 0 Å². The molecule has 0 saturated carbocycles. The van der Waals surface area contributed by atoms with Crippen molar-refractivity contribution in [1.82, 2.24) is 9.78 Å². The van der Waals surface area contributed by atoms with E-state index in [0.29, 0.717) is 6.54 Å². The van der Waals surface area contributed by atoms with Gasteiger partial charge in [0.2, 0.25) is 0 Å². The lowest BCUT2D eigenvalue weighted by atomic mass is 10.2. The van der Waals surface area contributed by atoms with E-state index in [1.807, 2.05) is 12.3 Å². The summed E-state index contributed by atoms with van der Waals surface area (Å²) < 4.78 is 6.65. The molecule has 0 aliphatic rings. The summed E-state index contributed by atoms with van der Waals surface area (Å²) in [7, 11) is 0. The van der Waals surface area contributed by atoms with E-state index in [0.717, 1.165) is 11.1 Å². The molecule has 0 aliphatic heterocycles. The van der Waals surface area contributed by atoms with Gasteiger partial charge in [0.1, 0.15) is 0 Å². The molecule has 68 valence electrons. The molecule has 2 rings (SSSR count). The van der Waals surface area contributed by atoms with E-state index in [-0.39, 0.29) is 6.61 Å². The molecule has 0 amide bonds. The third-order valence-electron chi connectivity index (χ3n) is 1.82. The maximum absolute atomic E-state index is 8.68. The molecule has 2 heterocycles. The molecular formula is C9H10N2O2. The number of hydrogen-bond donors (Lipinski definition) is 1. The van der Waals surface area contributed by atoms with E-state index < -0.39 is 0 Å². The van der Waals surface area contributed by atoms with Crippen LogP contribution in [0, 0.1) is 0 Å². The first-order valence-electron chi connectivity index (χ1n) is 4.06. The molecule has 0 spiro atoms. The molecular weight excluding hydrogens is 168 g/mol. The van der Waals surface area contributed by atoms with Crippen molar-refractivity contribution in [2.24, 2.45) is 0 Å². The SMILES string of the molecule is OCCn1cc(-c2ccoc2)cn1. The highest BCUT2D eigenvalue weighted by molar-refractivity contribution is 5.59. The zero-order valence-corrected chi connectivity index (χ0v) is 7.05. The molecule has 1 N–H and O–H groups in total. The molecule has 0 aliphatic carbocycles. The van der Waals surface area contributed by atoms with E-state index in [4.69, 9.17) is 9.52 Å². The molecule has 0 atom stereocenters. The number of furan rings is 1. The summed E-state index contributed by atoms with van der Waals surface area (Å²) >= 11 is 0. The first-order chi connectivity index (χ1) is 6.40. The standard InChI is InChI=1S/C9H10N2O2/c12-3-2-11-6-9(5-10-11)8-1-4-13-7-8/h1,4-7,12H,2-3H2. The van der Waals surface area contributed by atoms with Gasteiger partial charge < -0.3 is 9.52 Å². The Bertz CT molecular complexity index is 365. The average molecular weight is 178 g/mol. The highest BCUT2D eigenvalue weighted by Gasteiger charge is 2.01. The van der Waals surface area contributed by atoms with Crippen LogP contribution in [0.1, 0.15) is 0 Å². The first-order valence-corrected chi connectivity index (χ1v) is 4.06. The summed E-state index contributed by atoms with van der Waals surface area (Å²) in [5.74, 6) is 0. The summed E-state index contributed by atoms with van der Waals surface area (Å²) in [6.07, 6.45) is 6.92. The normalized spacial score (nSPS) is 10.5. The van der Waals surface area contributed by atoms with Crippen molar-refractivity contribution in [3.05, 3.63) is 31.0 Å². The lowest BCUT2D eigenvalue weighted by Gasteiger charge is -1.93. The molecule has 13 heavy (non-hydrogen) atoms. The van der Waals surface area contributed by atoms with Gasteiger partial charge in [0.05, 0.1) is 31.9 Å². The van der Waals surface area contributed by atoms with Crippen LogP contribution in [0.25, 0.3) is 11.1 Å². The Morgan fingerprint density at radius 3 is 3.08 bits per heavy atom. The number of aliphatic hydroxyl groups is 1. The van der Waals surface area contributed by atoms with Crippen molar-refractivity contribution in [2.45, 2.75) is 6.54 Å². The molecule has 0 radical (unpaired) electrons. The van der Waals surface area contributed by atoms with Gasteiger partial charge in [-0.1, -0.05) is 0 Å². The van der Waals surface area contributed by atoms with Crippen LogP contribution in [0.15, 0.2) is 35.4 Å². The predicted octanol–water partition coefficient (Wildman–Crippen LogP) is 1.14. The van der Waals surface area contributed by atoms with E-state index >= 15 is 0 Å². The molecule has 0 bridgehead atoms. The van der Waals surface area contributed by atoms with Crippen molar-refractivity contribution < 1.29 is 9.52 Å². The summed E-state index contributed by atoms with van der Waals surface area (Å²) in [6, 6.07) is 1.88. The highest BCUT2D eigenvalue weighted by Crippen LogP contribution is 2.18. The summed E-state index contributed by atoms with van der Waals surface area (Å²) in [4.78, 5) is 0. The fraction of sp³-hybridized carbons (Fsp3) is 0.222. The van der Waals surface area contributed by atoms with Crippen LogP contribution < -0.4 is 0 Å². The number of aliphatic hydroxyl groups excluding tert-OH is 1. The lowest BCUT2D eigenvalue weighted by molar-refractivity contribution is 0.269. The van der Waals surface area contributed by atoms with Gasteiger partial charge >= 0.3 is 0 Å². The monoisotopic (exact) mass is 178 g/mol. The molecule has 0 unspecified atom stereocenters. The van der Waals surface area contributed by atoms with Crippen LogP contribution >= 0.6 is 0 Å². The minimum absolute atomic E-state index is 0.104. The minimum atomic E-state index is 0.104. The maximum atomic E-state index is 8.68. The van der Waals surface area contributed by atoms with Crippen molar-refractivity contribution in [1.29, 1.82) is 0 Å². The summed E-state index contributed by atoms with van der Waals surface area (Å²) in [5.41, 5.74) is 2.01. The van der Waals surface area contributed by atoms with E-state index in [1.54, 1.807) is 23.4 Å². The van der Waals surface area contributed by atoms with Crippen molar-refractivity contribution >= 4 is 0 Å². The Kier molecular flexibility index (Phi) is 2.14. The largest absolute Gasteiger partial charge is 0.472 e. The van der Waals surface area contributed by atoms with Crippen LogP contribution in [-0.2, 0) is 6.54 Å². The Balaban J connectivity index is 2.23. The van der Waals surface area contributed by atoms with Gasteiger partial charge in [-0.2, -0.15) is 5.10 Å². The molecule has 0 fully saturated rings. The second-order valence-corrected chi connectivity index (χ2v) is 2.73. The Morgan fingerprint density at radius 2 is 2.38 bits per heavy atom. The lowest BCUT2D eigenvalue weighted by Crippen LogP contribution is -2.01. The van der Waals surface area contributed by atoms with Gasteiger partial charge in [-0.25, -0.2) is 0 Å². The second kappa shape index (κ2) is 3.45. The average Bonchev–Trinajstić information content (AvgIpc) is 2.70. The maximum Gasteiger partial charge on any atom is 0.0982 e. The van der Waals surface area contributed by atoms with Gasteiger partial charge in [0, 0.05) is 17.3 Å². The summed E-state index contributed by atoms with van der Waals surface area (Å²) in [5, 5.41) is 12.8. The Morgan fingerprint density at radius 1 is 1.46 bits per heavy atom. The van der Waals surface area contributed by atoms with E-state index in [1.165, 1.54) is 0 Å². The smallest absolute Gasteiger partial charge is 0.0982 e. The molecule has 2 aromatic rings. The Hall–Kier alpha value is -1.55. The van der Waals surface area contributed by atoms with Gasteiger partial charge in [0.15, 0.2) is 0 Å². The Labute approximate surface area is 75.4 Å². The fourth-order valence-corrected chi connectivity index (χ4v) is 1.17. The molecule has 0 aromatic carbocycles. The number of hydrogen-bond acceptors (Lipinski definition) is 3. The van der Waals surface area contributed by atoms with Gasteiger partial charge in [0.25, 0.3) is 0 Å². The topological polar surface area (TPSA) is 51.2 Å². The zero-order chi connectivity index (χ0) is 9.10.